The fraction of sp³-hybridized carbons (Fsp3) is 0.308. The zero-order valence-electron chi connectivity index (χ0n) is 19.1. The van der Waals surface area contributed by atoms with E-state index in [4.69, 9.17) is 23.2 Å². The van der Waals surface area contributed by atoms with Gasteiger partial charge in [0.05, 0.1) is 11.4 Å². The van der Waals surface area contributed by atoms with Gasteiger partial charge in [0.15, 0.2) is 0 Å². The molecule has 6 nitrogen and oxygen atoms in total. The van der Waals surface area contributed by atoms with Crippen LogP contribution in [0.25, 0.3) is 0 Å². The number of amides is 2. The monoisotopic (exact) mass is 496 g/mol. The third-order valence-electron chi connectivity index (χ3n) is 5.17. The third kappa shape index (κ3) is 7.18. The van der Waals surface area contributed by atoms with E-state index in [1.165, 1.54) is 5.01 Å². The Balaban J connectivity index is 0.000000202. The van der Waals surface area contributed by atoms with Gasteiger partial charge in [-0.2, -0.15) is 10.2 Å². The maximum Gasteiger partial charge on any atom is 0.244 e. The minimum atomic E-state index is -0.190. The first-order valence-electron chi connectivity index (χ1n) is 11.1. The summed E-state index contributed by atoms with van der Waals surface area (Å²) in [5.74, 6) is 6.04. The molecule has 2 aliphatic rings. The molecule has 1 unspecified atom stereocenters. The van der Waals surface area contributed by atoms with Crippen molar-refractivity contribution in [3.63, 3.8) is 0 Å². The van der Waals surface area contributed by atoms with Gasteiger partial charge in [-0.1, -0.05) is 60.3 Å². The number of carbonyl (C=O) groups is 2. The average molecular weight is 497 g/mol. The predicted octanol–water partition coefficient (Wildman–Crippen LogP) is 5.42. The summed E-state index contributed by atoms with van der Waals surface area (Å²) in [6.07, 6.45) is 3.10. The quantitative estimate of drug-likeness (QED) is 0.575. The summed E-state index contributed by atoms with van der Waals surface area (Å²) < 4.78 is 0. The van der Waals surface area contributed by atoms with Crippen LogP contribution in [-0.4, -0.2) is 34.3 Å². The van der Waals surface area contributed by atoms with Crippen molar-refractivity contribution in [2.45, 2.75) is 52.0 Å². The van der Waals surface area contributed by atoms with Crippen LogP contribution in [0.3, 0.4) is 0 Å². The van der Waals surface area contributed by atoms with Gasteiger partial charge >= 0.3 is 0 Å². The molecule has 4 rings (SSSR count). The second-order valence-corrected chi connectivity index (χ2v) is 8.62. The largest absolute Gasteiger partial charge is 0.273 e. The van der Waals surface area contributed by atoms with Crippen molar-refractivity contribution in [1.82, 2.24) is 10.4 Å². The van der Waals surface area contributed by atoms with Gasteiger partial charge in [-0.3, -0.25) is 9.59 Å². The van der Waals surface area contributed by atoms with Crippen molar-refractivity contribution in [2.24, 2.45) is 10.2 Å². The molecule has 1 N–H and O–H groups in total. The highest BCUT2D eigenvalue weighted by Gasteiger charge is 2.24. The molecule has 2 heterocycles. The van der Waals surface area contributed by atoms with Crippen molar-refractivity contribution in [3.8, 4) is 11.8 Å². The summed E-state index contributed by atoms with van der Waals surface area (Å²) in [5, 5.41) is 11.3. The Labute approximate surface area is 210 Å². The SMILES string of the molecule is CCC#CC(C)N1N=C(c2ccc(Cl)cc2)CCC1=O.O=C1CCC(c2ccc(Cl)cc2)=NN1. The summed E-state index contributed by atoms with van der Waals surface area (Å²) in [6.45, 7) is 3.88. The highest BCUT2D eigenvalue weighted by molar-refractivity contribution is 6.31. The smallest absolute Gasteiger partial charge is 0.244 e. The Morgan fingerprint density at radius 3 is 2.00 bits per heavy atom. The topological polar surface area (TPSA) is 74.1 Å². The van der Waals surface area contributed by atoms with Crippen LogP contribution in [0.2, 0.25) is 10.0 Å². The number of carbonyl (C=O) groups excluding carboxylic acids is 2. The first-order chi connectivity index (χ1) is 16.4. The Kier molecular flexibility index (Phi) is 9.26. The van der Waals surface area contributed by atoms with E-state index < -0.39 is 0 Å². The van der Waals surface area contributed by atoms with Crippen molar-refractivity contribution in [3.05, 3.63) is 69.7 Å². The van der Waals surface area contributed by atoms with E-state index in [9.17, 15) is 9.59 Å². The lowest BCUT2D eigenvalue weighted by molar-refractivity contribution is -0.132. The number of nitrogens with zero attached hydrogens (tertiary/aromatic N) is 3. The highest BCUT2D eigenvalue weighted by atomic mass is 35.5. The molecule has 0 saturated carbocycles. The van der Waals surface area contributed by atoms with E-state index in [0.29, 0.717) is 35.7 Å². The van der Waals surface area contributed by atoms with Gasteiger partial charge in [-0.05, 0) is 42.3 Å². The molecule has 0 fully saturated rings. The molecule has 0 aromatic heterocycles. The number of rotatable bonds is 3. The fourth-order valence-corrected chi connectivity index (χ4v) is 3.61. The zero-order chi connectivity index (χ0) is 24.5. The van der Waals surface area contributed by atoms with Crippen LogP contribution >= 0.6 is 23.2 Å². The molecule has 0 spiro atoms. The molecule has 2 aromatic rings. The van der Waals surface area contributed by atoms with E-state index in [1.54, 1.807) is 0 Å². The molecule has 176 valence electrons. The number of nitrogens with one attached hydrogen (secondary N) is 1. The molecule has 8 heteroatoms. The maximum atomic E-state index is 12.0. The Morgan fingerprint density at radius 2 is 1.47 bits per heavy atom. The molecule has 2 amide bonds. The average Bonchev–Trinajstić information content (AvgIpc) is 2.85. The van der Waals surface area contributed by atoms with Crippen LogP contribution < -0.4 is 5.43 Å². The fourth-order valence-electron chi connectivity index (χ4n) is 3.36. The summed E-state index contributed by atoms with van der Waals surface area (Å²) in [5.41, 5.74) is 6.28. The lowest BCUT2D eigenvalue weighted by Crippen LogP contribution is -2.37. The molecule has 0 saturated heterocycles. The molecule has 0 aliphatic carbocycles. The van der Waals surface area contributed by atoms with Crippen LogP contribution in [0, 0.1) is 11.8 Å². The van der Waals surface area contributed by atoms with Crippen molar-refractivity contribution in [1.29, 1.82) is 0 Å². The molecular weight excluding hydrogens is 471 g/mol. The summed E-state index contributed by atoms with van der Waals surface area (Å²) in [4.78, 5) is 22.8. The molecule has 1 atom stereocenters. The number of hydrogen-bond acceptors (Lipinski definition) is 4. The van der Waals surface area contributed by atoms with Gasteiger partial charge in [0, 0.05) is 42.1 Å². The molecule has 0 radical (unpaired) electrons. The van der Waals surface area contributed by atoms with Crippen LogP contribution in [0.15, 0.2) is 58.7 Å². The first kappa shape index (κ1) is 25.5. The van der Waals surface area contributed by atoms with E-state index in [-0.39, 0.29) is 17.9 Å². The minimum absolute atomic E-state index is 0.0253. The van der Waals surface area contributed by atoms with Gasteiger partial charge < -0.3 is 0 Å². The zero-order valence-corrected chi connectivity index (χ0v) is 20.7. The summed E-state index contributed by atoms with van der Waals surface area (Å²) in [6, 6.07) is 14.8. The summed E-state index contributed by atoms with van der Waals surface area (Å²) in [7, 11) is 0. The second-order valence-electron chi connectivity index (χ2n) is 7.74. The van der Waals surface area contributed by atoms with Crippen molar-refractivity contribution < 1.29 is 9.59 Å². The van der Waals surface area contributed by atoms with Gasteiger partial charge in [-0.25, -0.2) is 10.4 Å². The normalized spacial score (nSPS) is 16.2. The van der Waals surface area contributed by atoms with Crippen molar-refractivity contribution in [2.75, 3.05) is 0 Å². The van der Waals surface area contributed by atoms with Crippen molar-refractivity contribution >= 4 is 46.4 Å². The van der Waals surface area contributed by atoms with Gasteiger partial charge in [0.1, 0.15) is 6.04 Å². The maximum absolute atomic E-state index is 12.0. The lowest BCUT2D eigenvalue weighted by Gasteiger charge is -2.26. The summed E-state index contributed by atoms with van der Waals surface area (Å²) >= 11 is 11.7. The van der Waals surface area contributed by atoms with Crippen LogP contribution in [0.4, 0.5) is 0 Å². The molecular formula is C26H26Cl2N4O2. The number of halogens is 2. The Bertz CT molecular complexity index is 1150. The van der Waals surface area contributed by atoms with E-state index >= 15 is 0 Å². The minimum Gasteiger partial charge on any atom is -0.273 e. The lowest BCUT2D eigenvalue weighted by atomic mass is 10.0. The Morgan fingerprint density at radius 1 is 0.912 bits per heavy atom. The van der Waals surface area contributed by atoms with E-state index in [1.807, 2.05) is 62.4 Å². The number of hydrogen-bond donors (Lipinski definition) is 1. The van der Waals surface area contributed by atoms with E-state index in [2.05, 4.69) is 27.5 Å². The first-order valence-corrected chi connectivity index (χ1v) is 11.9. The van der Waals surface area contributed by atoms with Crippen LogP contribution in [-0.2, 0) is 9.59 Å². The Hall–Kier alpha value is -3.14. The standard InChI is InChI=1S/C16H17ClN2O.C10H9ClN2O/c1-3-4-5-12(2)19-16(20)11-10-15(18-19)13-6-8-14(17)9-7-13;11-8-3-1-7(2-4-8)9-5-6-10(14)13-12-9/h6-9,12H,3,10-11H2,1-2H3;1-4H,5-6H2,(H,13,14). The second kappa shape index (κ2) is 12.4. The highest BCUT2D eigenvalue weighted by Crippen LogP contribution is 2.19. The number of benzene rings is 2. The number of hydrazone groups is 2. The molecule has 34 heavy (non-hydrogen) atoms. The van der Waals surface area contributed by atoms with Crippen LogP contribution in [0.1, 0.15) is 57.1 Å². The van der Waals surface area contributed by atoms with Gasteiger partial charge in [0.2, 0.25) is 11.8 Å². The van der Waals surface area contributed by atoms with Crippen LogP contribution in [0.5, 0.6) is 0 Å². The predicted molar refractivity (Wildman–Crippen MR) is 137 cm³/mol. The molecule has 0 bridgehead atoms. The van der Waals surface area contributed by atoms with Gasteiger partial charge in [0.25, 0.3) is 0 Å². The third-order valence-corrected chi connectivity index (χ3v) is 5.68. The van der Waals surface area contributed by atoms with E-state index in [0.717, 1.165) is 29.0 Å². The molecule has 2 aromatic carbocycles. The molecule has 2 aliphatic heterocycles. The van der Waals surface area contributed by atoms with Gasteiger partial charge in [-0.15, -0.1) is 5.92 Å².